The van der Waals surface area contributed by atoms with E-state index in [1.807, 2.05) is 30.3 Å². The van der Waals surface area contributed by atoms with Crippen LogP contribution in [0, 0.1) is 0 Å². The minimum atomic E-state index is 0.148. The van der Waals surface area contributed by atoms with E-state index in [0.29, 0.717) is 13.0 Å². The topological polar surface area (TPSA) is 42.0 Å². The van der Waals surface area contributed by atoms with Crippen molar-refractivity contribution in [1.82, 2.24) is 10.3 Å². The third-order valence-electron chi connectivity index (χ3n) is 3.96. The second-order valence-corrected chi connectivity index (χ2v) is 6.98. The number of benzene rings is 2. The number of thiazole rings is 1. The van der Waals surface area contributed by atoms with E-state index in [1.165, 1.54) is 15.3 Å². The molecule has 0 aliphatic carbocycles. The summed E-state index contributed by atoms with van der Waals surface area (Å²) in [6.45, 7) is 0.709. The Kier molecular flexibility index (Phi) is 5.96. The summed E-state index contributed by atoms with van der Waals surface area (Å²) < 4.78 is 1.24. The van der Waals surface area contributed by atoms with Gasteiger partial charge in [0.15, 0.2) is 0 Å². The van der Waals surface area contributed by atoms with Gasteiger partial charge in [-0.2, -0.15) is 0 Å². The number of nitrogens with zero attached hydrogens (tertiary/aromatic N) is 1. The zero-order valence-corrected chi connectivity index (χ0v) is 14.5. The highest BCUT2D eigenvalue weighted by atomic mass is 32.1. The highest BCUT2D eigenvalue weighted by Gasteiger charge is 2.05. The summed E-state index contributed by atoms with van der Waals surface area (Å²) in [4.78, 5) is 16.5. The van der Waals surface area contributed by atoms with Gasteiger partial charge in [0.2, 0.25) is 5.91 Å². The number of carbonyl (C=O) groups excluding carboxylic acids is 1. The molecule has 0 radical (unpaired) electrons. The summed E-state index contributed by atoms with van der Waals surface area (Å²) in [5.74, 6) is 0.148. The van der Waals surface area contributed by atoms with Crippen molar-refractivity contribution in [3.8, 4) is 0 Å². The van der Waals surface area contributed by atoms with Crippen LogP contribution in [0.15, 0.2) is 54.6 Å². The van der Waals surface area contributed by atoms with Crippen LogP contribution in [0.2, 0.25) is 0 Å². The van der Waals surface area contributed by atoms with Crippen molar-refractivity contribution in [3.05, 3.63) is 65.2 Å². The quantitative estimate of drug-likeness (QED) is 0.620. The summed E-state index contributed by atoms with van der Waals surface area (Å²) >= 11 is 1.76. The van der Waals surface area contributed by atoms with Gasteiger partial charge in [-0.1, -0.05) is 42.5 Å². The van der Waals surface area contributed by atoms with Gasteiger partial charge in [0.25, 0.3) is 0 Å². The minimum Gasteiger partial charge on any atom is -0.356 e. The highest BCUT2D eigenvalue weighted by Crippen LogP contribution is 2.22. The van der Waals surface area contributed by atoms with Gasteiger partial charge < -0.3 is 5.32 Å². The Morgan fingerprint density at radius 2 is 1.75 bits per heavy atom. The molecule has 3 nitrogen and oxygen atoms in total. The molecule has 0 saturated carbocycles. The maximum absolute atomic E-state index is 11.9. The molecule has 1 N–H and O–H groups in total. The van der Waals surface area contributed by atoms with Gasteiger partial charge in [-0.25, -0.2) is 4.98 Å². The van der Waals surface area contributed by atoms with Crippen LogP contribution in [0.4, 0.5) is 0 Å². The molecule has 3 rings (SSSR count). The number of aryl methyl sites for hydroxylation is 1. The molecule has 4 heteroatoms. The number of fused-ring (bicyclic) bond motifs is 1. The van der Waals surface area contributed by atoms with Crippen LogP contribution in [0.5, 0.6) is 0 Å². The number of hydrogen-bond donors (Lipinski definition) is 1. The first-order valence-corrected chi connectivity index (χ1v) is 9.28. The summed E-state index contributed by atoms with van der Waals surface area (Å²) in [6.07, 6.45) is 4.35. The van der Waals surface area contributed by atoms with E-state index in [0.717, 1.165) is 31.2 Å². The molecule has 3 aromatic rings. The molecule has 24 heavy (non-hydrogen) atoms. The second-order valence-electron chi connectivity index (χ2n) is 5.87. The maximum atomic E-state index is 11.9. The predicted octanol–water partition coefficient (Wildman–Crippen LogP) is 4.37. The molecule has 1 amide bonds. The molecule has 0 atom stereocenters. The molecule has 0 fully saturated rings. The molecular formula is C20H22N2OS. The Bertz CT molecular complexity index is 749. The lowest BCUT2D eigenvalue weighted by Crippen LogP contribution is -2.25. The van der Waals surface area contributed by atoms with Crippen molar-refractivity contribution in [2.75, 3.05) is 6.54 Å². The van der Waals surface area contributed by atoms with E-state index in [2.05, 4.69) is 34.6 Å². The van der Waals surface area contributed by atoms with Gasteiger partial charge in [-0.05, 0) is 43.4 Å². The largest absolute Gasteiger partial charge is 0.356 e. The van der Waals surface area contributed by atoms with E-state index < -0.39 is 0 Å². The average molecular weight is 338 g/mol. The summed E-state index contributed by atoms with van der Waals surface area (Å²) in [5, 5.41) is 4.17. The number of amides is 1. The Labute approximate surface area is 146 Å². The van der Waals surface area contributed by atoms with Crippen molar-refractivity contribution >= 4 is 27.5 Å². The number of nitrogens with one attached hydrogen (secondary N) is 1. The van der Waals surface area contributed by atoms with Crippen LogP contribution in [0.1, 0.15) is 29.8 Å². The van der Waals surface area contributed by atoms with Crippen LogP contribution in [-0.2, 0) is 17.6 Å². The summed E-state index contributed by atoms with van der Waals surface area (Å²) in [5.41, 5.74) is 2.34. The Balaban J connectivity index is 1.32. The molecular weight excluding hydrogens is 316 g/mol. The van der Waals surface area contributed by atoms with Crippen LogP contribution >= 0.6 is 11.3 Å². The fourth-order valence-corrected chi connectivity index (χ4v) is 3.68. The minimum absolute atomic E-state index is 0.148. The lowest BCUT2D eigenvalue weighted by molar-refractivity contribution is -0.121. The average Bonchev–Trinajstić information content (AvgIpc) is 3.02. The molecule has 0 unspecified atom stereocenters. The van der Waals surface area contributed by atoms with Crippen LogP contribution in [0.25, 0.3) is 10.2 Å². The maximum Gasteiger partial charge on any atom is 0.220 e. The number of aromatic nitrogens is 1. The summed E-state index contributed by atoms with van der Waals surface area (Å²) in [7, 11) is 0. The van der Waals surface area contributed by atoms with E-state index in [4.69, 9.17) is 0 Å². The third-order valence-corrected chi connectivity index (χ3v) is 5.06. The SMILES string of the molecule is O=C(CCCCc1nc2ccccc2s1)NCCc1ccccc1. The number of hydrogen-bond acceptors (Lipinski definition) is 3. The van der Waals surface area contributed by atoms with Crippen LogP contribution < -0.4 is 5.32 Å². The van der Waals surface area contributed by atoms with Gasteiger partial charge in [-0.15, -0.1) is 11.3 Å². The molecule has 124 valence electrons. The zero-order valence-electron chi connectivity index (χ0n) is 13.7. The first kappa shape index (κ1) is 16.7. The molecule has 0 aliphatic rings. The van der Waals surface area contributed by atoms with Gasteiger partial charge in [0.1, 0.15) is 0 Å². The molecule has 1 heterocycles. The third kappa shape index (κ3) is 4.90. The number of unbranched alkanes of at least 4 members (excludes halogenated alkanes) is 1. The Morgan fingerprint density at radius 1 is 0.958 bits per heavy atom. The van der Waals surface area contributed by atoms with Gasteiger partial charge >= 0.3 is 0 Å². The number of para-hydroxylation sites is 1. The van der Waals surface area contributed by atoms with Gasteiger partial charge in [-0.3, -0.25) is 4.79 Å². The van der Waals surface area contributed by atoms with Gasteiger partial charge in [0.05, 0.1) is 15.2 Å². The fraction of sp³-hybridized carbons (Fsp3) is 0.300. The predicted molar refractivity (Wildman–Crippen MR) is 100 cm³/mol. The lowest BCUT2D eigenvalue weighted by Gasteiger charge is -2.05. The van der Waals surface area contributed by atoms with E-state index in [1.54, 1.807) is 11.3 Å². The van der Waals surface area contributed by atoms with Crippen LogP contribution in [-0.4, -0.2) is 17.4 Å². The lowest BCUT2D eigenvalue weighted by atomic mass is 10.1. The fourth-order valence-electron chi connectivity index (χ4n) is 2.67. The smallest absolute Gasteiger partial charge is 0.220 e. The van der Waals surface area contributed by atoms with Crippen molar-refractivity contribution in [2.24, 2.45) is 0 Å². The zero-order chi connectivity index (χ0) is 16.6. The first-order valence-electron chi connectivity index (χ1n) is 8.46. The van der Waals surface area contributed by atoms with E-state index in [9.17, 15) is 4.79 Å². The van der Waals surface area contributed by atoms with Crippen molar-refractivity contribution < 1.29 is 4.79 Å². The van der Waals surface area contributed by atoms with Crippen LogP contribution in [0.3, 0.4) is 0 Å². The molecule has 0 saturated heterocycles. The van der Waals surface area contributed by atoms with Gasteiger partial charge in [0, 0.05) is 13.0 Å². The molecule has 0 aliphatic heterocycles. The van der Waals surface area contributed by atoms with Crippen molar-refractivity contribution in [3.63, 3.8) is 0 Å². The molecule has 0 bridgehead atoms. The normalized spacial score (nSPS) is 10.8. The standard InChI is InChI=1S/C20H22N2OS/c23-19(21-15-14-16-8-2-1-3-9-16)12-6-7-13-20-22-17-10-4-5-11-18(17)24-20/h1-5,8-11H,6-7,12-15H2,(H,21,23). The monoisotopic (exact) mass is 338 g/mol. The first-order chi connectivity index (χ1) is 11.8. The van der Waals surface area contributed by atoms with Crippen molar-refractivity contribution in [2.45, 2.75) is 32.1 Å². The van der Waals surface area contributed by atoms with E-state index >= 15 is 0 Å². The number of rotatable bonds is 8. The molecule has 1 aromatic heterocycles. The van der Waals surface area contributed by atoms with Crippen molar-refractivity contribution in [1.29, 1.82) is 0 Å². The van der Waals surface area contributed by atoms with E-state index in [-0.39, 0.29) is 5.91 Å². The Hall–Kier alpha value is -2.20. The number of carbonyl (C=O) groups is 1. The molecule has 0 spiro atoms. The molecule has 2 aromatic carbocycles. The highest BCUT2D eigenvalue weighted by molar-refractivity contribution is 7.18. The summed E-state index contributed by atoms with van der Waals surface area (Å²) in [6, 6.07) is 18.5. The second kappa shape index (κ2) is 8.60. The Morgan fingerprint density at radius 3 is 2.58 bits per heavy atom.